The van der Waals surface area contributed by atoms with Gasteiger partial charge in [0, 0.05) is 39.4 Å². The number of hydrogen-bond acceptors (Lipinski definition) is 7. The number of nitro benzene ring substituents is 2. The molecule has 1 aromatic heterocycles. The molecule has 3 rings (SSSR count). The van der Waals surface area contributed by atoms with Gasteiger partial charge >= 0.3 is 0 Å². The first-order valence-electron chi connectivity index (χ1n) is 8.20. The zero-order chi connectivity index (χ0) is 22.7. The third kappa shape index (κ3) is 5.37. The molecule has 0 spiro atoms. The average Bonchev–Trinajstić information content (AvgIpc) is 3.18. The van der Waals surface area contributed by atoms with E-state index in [0.29, 0.717) is 14.6 Å². The zero-order valence-electron chi connectivity index (χ0n) is 15.1. The van der Waals surface area contributed by atoms with Crippen molar-refractivity contribution in [2.24, 2.45) is 0 Å². The summed E-state index contributed by atoms with van der Waals surface area (Å²) in [7, 11) is 0. The van der Waals surface area contributed by atoms with Crippen LogP contribution in [0, 0.1) is 20.2 Å². The number of non-ortho nitro benzene ring substituents is 2. The van der Waals surface area contributed by atoms with Crippen LogP contribution in [-0.4, -0.2) is 25.5 Å². The Bertz CT molecular complexity index is 1180. The molecule has 3 aromatic rings. The van der Waals surface area contributed by atoms with Crippen molar-refractivity contribution in [1.29, 1.82) is 0 Å². The highest BCUT2D eigenvalue weighted by Crippen LogP contribution is 2.35. The number of carbonyl (C=O) groups excluding carboxylic acids is 1. The van der Waals surface area contributed by atoms with E-state index in [0.717, 1.165) is 0 Å². The van der Waals surface area contributed by atoms with Crippen LogP contribution in [0.3, 0.4) is 0 Å². The standard InChI is InChI=1S/C17H10Br2ClN5O6/c18-11-5-10(25(29)30)6-12(19)16(11)21-17(26)14-3-4-23(22-14)8-31-15-2-1-9(24(27)28)7-13(15)20/h1-7H,8H2,(H,21,26). The number of nitrogens with zero attached hydrogens (tertiary/aromatic N) is 4. The lowest BCUT2D eigenvalue weighted by atomic mass is 10.2. The molecule has 0 fully saturated rings. The fourth-order valence-corrected chi connectivity index (χ4v) is 3.96. The highest BCUT2D eigenvalue weighted by molar-refractivity contribution is 9.11. The Labute approximate surface area is 195 Å². The summed E-state index contributed by atoms with van der Waals surface area (Å²) in [5.41, 5.74) is 0.0525. The fourth-order valence-electron chi connectivity index (χ4n) is 2.37. The molecule has 160 valence electrons. The first kappa shape index (κ1) is 22.7. The summed E-state index contributed by atoms with van der Waals surface area (Å²) in [6, 6.07) is 7.76. The van der Waals surface area contributed by atoms with Crippen LogP contribution >= 0.6 is 43.5 Å². The number of nitro groups is 2. The largest absolute Gasteiger partial charge is 0.470 e. The summed E-state index contributed by atoms with van der Waals surface area (Å²) < 4.78 is 7.44. The van der Waals surface area contributed by atoms with Crippen molar-refractivity contribution in [2.45, 2.75) is 6.73 Å². The second kappa shape index (κ2) is 9.41. The summed E-state index contributed by atoms with van der Waals surface area (Å²) in [5.74, 6) is -0.338. The first-order valence-corrected chi connectivity index (χ1v) is 10.2. The molecule has 0 bridgehead atoms. The number of anilines is 1. The van der Waals surface area contributed by atoms with Gasteiger partial charge in [0.25, 0.3) is 17.3 Å². The van der Waals surface area contributed by atoms with E-state index in [4.69, 9.17) is 16.3 Å². The smallest absolute Gasteiger partial charge is 0.276 e. The lowest BCUT2D eigenvalue weighted by Gasteiger charge is -2.09. The van der Waals surface area contributed by atoms with Crippen LogP contribution < -0.4 is 10.1 Å². The van der Waals surface area contributed by atoms with E-state index < -0.39 is 15.8 Å². The van der Waals surface area contributed by atoms with Gasteiger partial charge in [0.2, 0.25) is 0 Å². The summed E-state index contributed by atoms with van der Waals surface area (Å²) in [6.45, 7) is -0.101. The van der Waals surface area contributed by atoms with Gasteiger partial charge in [-0.1, -0.05) is 11.6 Å². The summed E-state index contributed by atoms with van der Waals surface area (Å²) in [6.07, 6.45) is 1.49. The van der Waals surface area contributed by atoms with Crippen LogP contribution in [-0.2, 0) is 6.73 Å². The van der Waals surface area contributed by atoms with Gasteiger partial charge in [-0.2, -0.15) is 5.10 Å². The second-order valence-electron chi connectivity index (χ2n) is 5.88. The molecule has 0 saturated carbocycles. The molecule has 0 aliphatic rings. The number of carbonyl (C=O) groups is 1. The van der Waals surface area contributed by atoms with E-state index in [-0.39, 0.29) is 34.6 Å². The monoisotopic (exact) mass is 573 g/mol. The van der Waals surface area contributed by atoms with E-state index in [1.54, 1.807) is 0 Å². The quantitative estimate of drug-likeness (QED) is 0.303. The van der Waals surface area contributed by atoms with E-state index in [9.17, 15) is 25.0 Å². The first-order chi connectivity index (χ1) is 14.7. The van der Waals surface area contributed by atoms with Gasteiger partial charge in [-0.3, -0.25) is 25.0 Å². The minimum absolute atomic E-state index is 0.0622. The number of amides is 1. The van der Waals surface area contributed by atoms with Crippen LogP contribution in [0.25, 0.3) is 0 Å². The number of ether oxygens (including phenoxy) is 1. The molecule has 2 aromatic carbocycles. The molecule has 14 heteroatoms. The van der Waals surface area contributed by atoms with Crippen molar-refractivity contribution in [3.63, 3.8) is 0 Å². The van der Waals surface area contributed by atoms with E-state index >= 15 is 0 Å². The SMILES string of the molecule is O=C(Nc1c(Br)cc([N+](=O)[O-])cc1Br)c1ccn(COc2ccc([N+](=O)[O-])cc2Cl)n1. The molecular weight excluding hydrogens is 565 g/mol. The lowest BCUT2D eigenvalue weighted by Crippen LogP contribution is -2.15. The number of halogens is 3. The second-order valence-corrected chi connectivity index (χ2v) is 8.00. The molecule has 1 amide bonds. The maximum Gasteiger partial charge on any atom is 0.276 e. The molecular formula is C17H10Br2ClN5O6. The van der Waals surface area contributed by atoms with Crippen molar-refractivity contribution in [3.05, 3.63) is 82.5 Å². The fraction of sp³-hybridized carbons (Fsp3) is 0.0588. The molecule has 1 heterocycles. The predicted molar refractivity (Wildman–Crippen MR) is 117 cm³/mol. The van der Waals surface area contributed by atoms with Gasteiger partial charge in [-0.05, 0) is 44.0 Å². The third-order valence-electron chi connectivity index (χ3n) is 3.83. The third-order valence-corrected chi connectivity index (χ3v) is 5.37. The predicted octanol–water partition coefficient (Wildman–Crippen LogP) is 5.17. The van der Waals surface area contributed by atoms with Gasteiger partial charge in [0.15, 0.2) is 12.4 Å². The van der Waals surface area contributed by atoms with Crippen LogP contribution in [0.2, 0.25) is 5.02 Å². The molecule has 0 radical (unpaired) electrons. The van der Waals surface area contributed by atoms with Crippen LogP contribution in [0.4, 0.5) is 17.1 Å². The average molecular weight is 576 g/mol. The Morgan fingerprint density at radius 3 is 2.32 bits per heavy atom. The highest BCUT2D eigenvalue weighted by Gasteiger charge is 2.18. The Hall–Kier alpha value is -3.03. The summed E-state index contributed by atoms with van der Waals surface area (Å²) >= 11 is 12.4. The van der Waals surface area contributed by atoms with Crippen molar-refractivity contribution in [1.82, 2.24) is 9.78 Å². The molecule has 0 aliphatic heterocycles. The van der Waals surface area contributed by atoms with Gasteiger partial charge in [0.05, 0.1) is 20.6 Å². The molecule has 0 saturated heterocycles. The van der Waals surface area contributed by atoms with Crippen LogP contribution in [0.15, 0.2) is 51.5 Å². The van der Waals surface area contributed by atoms with Crippen molar-refractivity contribution < 1.29 is 19.4 Å². The molecule has 0 atom stereocenters. The molecule has 0 aliphatic carbocycles. The van der Waals surface area contributed by atoms with Gasteiger partial charge in [-0.15, -0.1) is 0 Å². The Morgan fingerprint density at radius 1 is 1.10 bits per heavy atom. The summed E-state index contributed by atoms with van der Waals surface area (Å²) in [5, 5.41) is 28.4. The Morgan fingerprint density at radius 2 is 1.74 bits per heavy atom. The molecule has 31 heavy (non-hydrogen) atoms. The number of rotatable bonds is 7. The van der Waals surface area contributed by atoms with Crippen molar-refractivity contribution in [3.8, 4) is 5.75 Å². The number of hydrogen-bond donors (Lipinski definition) is 1. The minimum Gasteiger partial charge on any atom is -0.470 e. The van der Waals surface area contributed by atoms with Gasteiger partial charge < -0.3 is 10.1 Å². The van der Waals surface area contributed by atoms with Crippen LogP contribution in [0.1, 0.15) is 10.5 Å². The van der Waals surface area contributed by atoms with Crippen molar-refractivity contribution in [2.75, 3.05) is 5.32 Å². The summed E-state index contributed by atoms with van der Waals surface area (Å²) in [4.78, 5) is 33.0. The van der Waals surface area contributed by atoms with E-state index in [2.05, 4.69) is 42.3 Å². The Balaban J connectivity index is 1.68. The minimum atomic E-state index is -0.574. The lowest BCUT2D eigenvalue weighted by molar-refractivity contribution is -0.385. The number of nitrogens with one attached hydrogen (secondary N) is 1. The molecule has 1 N–H and O–H groups in total. The zero-order valence-corrected chi connectivity index (χ0v) is 19.0. The van der Waals surface area contributed by atoms with Crippen LogP contribution in [0.5, 0.6) is 5.75 Å². The molecule has 0 unspecified atom stereocenters. The highest BCUT2D eigenvalue weighted by atomic mass is 79.9. The van der Waals surface area contributed by atoms with Gasteiger partial charge in [0.1, 0.15) is 5.75 Å². The topological polar surface area (TPSA) is 142 Å². The number of benzene rings is 2. The van der Waals surface area contributed by atoms with E-state index in [1.165, 1.54) is 47.3 Å². The Kier molecular flexibility index (Phi) is 6.87. The van der Waals surface area contributed by atoms with Gasteiger partial charge in [-0.25, -0.2) is 4.68 Å². The van der Waals surface area contributed by atoms with Crippen molar-refractivity contribution >= 4 is 66.4 Å². The maximum atomic E-state index is 12.5. The maximum absolute atomic E-state index is 12.5. The normalized spacial score (nSPS) is 10.5. The number of aromatic nitrogens is 2. The molecule has 11 nitrogen and oxygen atoms in total. The van der Waals surface area contributed by atoms with E-state index in [1.807, 2.05) is 0 Å².